The largest absolute Gasteiger partial charge is 0.477 e. The number of carboxylic acid groups (broad SMARTS) is 1. The van der Waals surface area contributed by atoms with Gasteiger partial charge in [-0.25, -0.2) is 4.79 Å². The molecular formula is C86H162N2O21. The average molecular weight is 1560 g/mol. The maximum atomic E-state index is 13.6. The van der Waals surface area contributed by atoms with Crippen molar-refractivity contribution in [1.29, 1.82) is 0 Å². The molecule has 23 nitrogen and oxygen atoms in total. The van der Waals surface area contributed by atoms with Crippen LogP contribution in [-0.4, -0.2) is 215 Å². The molecule has 0 radical (unpaired) electrons. The molecule has 0 spiro atoms. The van der Waals surface area contributed by atoms with E-state index in [-0.39, 0.29) is 12.3 Å². The van der Waals surface area contributed by atoms with Crippen LogP contribution in [0.2, 0.25) is 0 Å². The Morgan fingerprint density at radius 2 is 0.853 bits per heavy atom. The molecule has 3 rings (SSSR count). The van der Waals surface area contributed by atoms with Crippen molar-refractivity contribution >= 4 is 17.8 Å². The highest BCUT2D eigenvalue weighted by Gasteiger charge is 2.60. The highest BCUT2D eigenvalue weighted by Crippen LogP contribution is 2.39. The quantitative estimate of drug-likeness (QED) is 0.0199. The van der Waals surface area contributed by atoms with E-state index in [4.69, 9.17) is 28.4 Å². The van der Waals surface area contributed by atoms with Crippen molar-refractivity contribution in [2.24, 2.45) is 0 Å². The molecule has 109 heavy (non-hydrogen) atoms. The average Bonchev–Trinajstić information content (AvgIpc) is 0.754. The number of aliphatic hydroxyl groups excluding tert-OH is 11. The number of carbonyl (C=O) groups is 3. The summed E-state index contributed by atoms with van der Waals surface area (Å²) in [6.45, 7) is 2.20. The fourth-order valence-electron chi connectivity index (χ4n) is 15.7. The first-order valence-electron chi connectivity index (χ1n) is 44.6. The summed E-state index contributed by atoms with van der Waals surface area (Å²) in [6, 6.07) is -2.62. The van der Waals surface area contributed by atoms with Crippen molar-refractivity contribution in [3.63, 3.8) is 0 Å². The number of amides is 2. The second-order valence-corrected chi connectivity index (χ2v) is 32.5. The van der Waals surface area contributed by atoms with Gasteiger partial charge in [0.15, 0.2) is 12.6 Å². The maximum absolute atomic E-state index is 13.6. The monoisotopic (exact) mass is 1560 g/mol. The zero-order chi connectivity index (χ0) is 79.5. The van der Waals surface area contributed by atoms with Gasteiger partial charge in [0.2, 0.25) is 11.8 Å². The highest BCUT2D eigenvalue weighted by atomic mass is 16.8. The molecule has 0 aliphatic carbocycles. The van der Waals surface area contributed by atoms with Crippen LogP contribution >= 0.6 is 0 Å². The number of aliphatic carboxylic acids is 1. The van der Waals surface area contributed by atoms with E-state index in [0.717, 1.165) is 51.9 Å². The molecule has 642 valence electrons. The first-order valence-corrected chi connectivity index (χ1v) is 44.6. The van der Waals surface area contributed by atoms with Crippen LogP contribution in [0.1, 0.15) is 380 Å². The van der Waals surface area contributed by atoms with Crippen LogP contribution < -0.4 is 10.6 Å². The summed E-state index contributed by atoms with van der Waals surface area (Å²) in [5, 5.41) is 136. The first-order chi connectivity index (χ1) is 52.9. The predicted octanol–water partition coefficient (Wildman–Crippen LogP) is 13.7. The SMILES string of the molecule is CCCCCCCCCCCCCCCC/C=C/C(O)C(COC1OC(CO)C(OC2OC(CO)C(O)C(OC3(C(=O)O)CC(O)C(NC(C)=O)C(C(O)C(O)CO)O3)C2O)C(O)C1O)NC(=O)CCCCCCCCCCCCCCCCCCCCCCCCCCCCCCCCCCCCCCCCC. The minimum absolute atomic E-state index is 0.206. The van der Waals surface area contributed by atoms with Gasteiger partial charge in [-0.15, -0.1) is 0 Å². The summed E-state index contributed by atoms with van der Waals surface area (Å²) >= 11 is 0. The predicted molar refractivity (Wildman–Crippen MR) is 426 cm³/mol. The fourth-order valence-corrected chi connectivity index (χ4v) is 15.7. The van der Waals surface area contributed by atoms with Gasteiger partial charge in [-0.05, 0) is 19.3 Å². The van der Waals surface area contributed by atoms with E-state index in [1.165, 1.54) is 289 Å². The molecule has 0 aromatic rings. The second-order valence-electron chi connectivity index (χ2n) is 32.5. The third-order valence-electron chi connectivity index (χ3n) is 22.7. The Hall–Kier alpha value is -2.53. The van der Waals surface area contributed by atoms with Crippen LogP contribution in [0.3, 0.4) is 0 Å². The summed E-state index contributed by atoms with van der Waals surface area (Å²) < 4.78 is 34.9. The molecule has 2 amide bonds. The number of aliphatic hydroxyl groups is 11. The molecule has 18 atom stereocenters. The molecular weight excluding hydrogens is 1400 g/mol. The highest BCUT2D eigenvalue weighted by molar-refractivity contribution is 5.77. The van der Waals surface area contributed by atoms with Crippen molar-refractivity contribution in [2.45, 2.75) is 490 Å². The van der Waals surface area contributed by atoms with Gasteiger partial charge in [0.1, 0.15) is 67.1 Å². The third-order valence-corrected chi connectivity index (χ3v) is 22.7. The number of hydrogen-bond donors (Lipinski definition) is 14. The lowest BCUT2D eigenvalue weighted by atomic mass is 9.88. The Kier molecular flexibility index (Phi) is 59.7. The van der Waals surface area contributed by atoms with E-state index in [2.05, 4.69) is 24.5 Å². The van der Waals surface area contributed by atoms with Gasteiger partial charge >= 0.3 is 5.97 Å². The maximum Gasteiger partial charge on any atom is 0.364 e. The molecule has 18 unspecified atom stereocenters. The molecule has 3 aliphatic heterocycles. The molecule has 0 aromatic carbocycles. The fraction of sp³-hybridized carbons (Fsp3) is 0.942. The molecule has 0 aromatic heterocycles. The van der Waals surface area contributed by atoms with Crippen molar-refractivity contribution in [1.82, 2.24) is 10.6 Å². The zero-order valence-corrected chi connectivity index (χ0v) is 68.4. The molecule has 0 saturated carbocycles. The van der Waals surface area contributed by atoms with Crippen LogP contribution in [0.4, 0.5) is 0 Å². The lowest BCUT2D eigenvalue weighted by Gasteiger charge is -2.50. The van der Waals surface area contributed by atoms with Crippen molar-refractivity contribution in [2.75, 3.05) is 26.4 Å². The number of hydrogen-bond acceptors (Lipinski definition) is 20. The van der Waals surface area contributed by atoms with E-state index in [9.17, 15) is 75.7 Å². The van der Waals surface area contributed by atoms with Gasteiger partial charge in [-0.3, -0.25) is 9.59 Å². The van der Waals surface area contributed by atoms with Gasteiger partial charge in [0.05, 0.1) is 50.7 Å². The lowest BCUT2D eigenvalue weighted by Crippen LogP contribution is -2.70. The molecule has 0 bridgehead atoms. The van der Waals surface area contributed by atoms with Gasteiger partial charge in [-0.2, -0.15) is 0 Å². The standard InChI is InChI=1S/C86H162N2O21/c1-4-6-8-10-12-14-16-18-20-22-23-24-25-26-27-28-29-30-31-32-33-34-35-36-37-38-39-40-41-42-43-44-46-48-50-52-54-56-58-60-73(96)88-67(68(93)59-57-55-53-51-49-47-45-21-19-17-15-13-11-9-7-5-2)65-104-83-78(100)77(99)80(72(64-91)106-83)107-84-79(101)82(76(98)71(63-90)105-84)109-86(85(102)103)61-69(94)74(87-66(3)92)81(108-86)75(97)70(95)62-89/h57,59,67-72,74-84,89-91,93-95,97-101H,4-56,58,60-65H2,1-3H3,(H,87,92)(H,88,96)(H,102,103)/b59-57+. The normalized spacial score (nSPS) is 25.7. The Bertz CT molecular complexity index is 2210. The van der Waals surface area contributed by atoms with Gasteiger partial charge in [0, 0.05) is 19.8 Å². The molecule has 3 fully saturated rings. The Labute approximate surface area is 658 Å². The summed E-state index contributed by atoms with van der Waals surface area (Å²) in [7, 11) is 0. The molecule has 23 heteroatoms. The molecule has 14 N–H and O–H groups in total. The first kappa shape index (κ1) is 101. The summed E-state index contributed by atoms with van der Waals surface area (Å²) in [5.74, 6) is -6.13. The van der Waals surface area contributed by atoms with Crippen molar-refractivity contribution in [3.05, 3.63) is 12.2 Å². The minimum atomic E-state index is -3.08. The number of carbonyl (C=O) groups excluding carboxylic acids is 2. The molecule has 3 aliphatic rings. The number of ether oxygens (including phenoxy) is 6. The molecule has 3 heterocycles. The number of nitrogens with one attached hydrogen (secondary N) is 2. The van der Waals surface area contributed by atoms with Crippen LogP contribution in [0, 0.1) is 0 Å². The smallest absolute Gasteiger partial charge is 0.364 e. The minimum Gasteiger partial charge on any atom is -0.477 e. The van der Waals surface area contributed by atoms with Crippen molar-refractivity contribution < 1.29 is 104 Å². The van der Waals surface area contributed by atoms with E-state index in [0.29, 0.717) is 12.8 Å². The summed E-state index contributed by atoms with van der Waals surface area (Å²) in [5.41, 5.74) is 0. The Morgan fingerprint density at radius 1 is 0.477 bits per heavy atom. The van der Waals surface area contributed by atoms with E-state index in [1.807, 2.05) is 6.08 Å². The number of unbranched alkanes of at least 4 members (excludes halogenated alkanes) is 52. The van der Waals surface area contributed by atoms with Crippen LogP contribution in [0.5, 0.6) is 0 Å². The second kappa shape index (κ2) is 64.6. The zero-order valence-electron chi connectivity index (χ0n) is 68.4. The Balaban J connectivity index is 1.39. The van der Waals surface area contributed by atoms with Gasteiger partial charge in [-0.1, -0.05) is 353 Å². The number of rotatable bonds is 72. The van der Waals surface area contributed by atoms with Crippen LogP contribution in [0.25, 0.3) is 0 Å². The topological polar surface area (TPSA) is 373 Å². The summed E-state index contributed by atoms with van der Waals surface area (Å²) in [6.07, 6.45) is 44.4. The van der Waals surface area contributed by atoms with E-state index in [1.54, 1.807) is 6.08 Å². The third kappa shape index (κ3) is 43.9. The number of allylic oxidation sites excluding steroid dienone is 1. The van der Waals surface area contributed by atoms with E-state index >= 15 is 0 Å². The van der Waals surface area contributed by atoms with E-state index < -0.39 is 155 Å². The lowest BCUT2D eigenvalue weighted by molar-refractivity contribution is -0.386. The van der Waals surface area contributed by atoms with Crippen LogP contribution in [0.15, 0.2) is 12.2 Å². The van der Waals surface area contributed by atoms with Crippen LogP contribution in [-0.2, 0) is 42.8 Å². The number of carboxylic acids is 1. The van der Waals surface area contributed by atoms with Gasteiger partial charge < -0.3 is 100 Å². The van der Waals surface area contributed by atoms with Gasteiger partial charge in [0.25, 0.3) is 5.79 Å². The van der Waals surface area contributed by atoms with Crippen molar-refractivity contribution in [3.8, 4) is 0 Å². The molecule has 3 saturated heterocycles. The summed E-state index contributed by atoms with van der Waals surface area (Å²) in [4.78, 5) is 38.7. The Morgan fingerprint density at radius 3 is 1.22 bits per heavy atom.